The lowest BCUT2D eigenvalue weighted by atomic mass is 9.80. The molecule has 11 aromatic heterocycles. The molecule has 0 N–H and O–H groups in total. The van der Waals surface area contributed by atoms with Gasteiger partial charge in [0.2, 0.25) is 0 Å². The molecule has 11 aromatic rings. The molecular weight excluding hydrogens is 1510 g/mol. The Morgan fingerprint density at radius 2 is 1.11 bits per heavy atom. The van der Waals surface area contributed by atoms with Gasteiger partial charge in [-0.15, -0.1) is 11.3 Å². The Kier molecular flexibility index (Phi) is 50.8. The van der Waals surface area contributed by atoms with Crippen LogP contribution in [0.1, 0.15) is 331 Å². The highest BCUT2D eigenvalue weighted by Crippen LogP contribution is 2.31. The third kappa shape index (κ3) is 43.0. The quantitative estimate of drug-likeness (QED) is 0.106. The maximum atomic E-state index is 4.98. The number of hydrogen-bond donors (Lipinski definition) is 0. The number of rotatable bonds is 13. The summed E-state index contributed by atoms with van der Waals surface area (Å²) in [5.74, 6) is 10.4. The molecule has 0 saturated carbocycles. The Balaban J connectivity index is 0.000000340. The van der Waals surface area contributed by atoms with Gasteiger partial charge in [0.25, 0.3) is 0 Å². The Bertz CT molecular complexity index is 4260. The van der Waals surface area contributed by atoms with E-state index in [9.17, 15) is 0 Å². The second-order valence-corrected chi connectivity index (χ2v) is 36.0. The van der Waals surface area contributed by atoms with Crippen LogP contribution in [0.2, 0.25) is 0 Å². The van der Waals surface area contributed by atoms with Crippen LogP contribution in [0.5, 0.6) is 0 Å². The average Bonchev–Trinajstić information content (AvgIpc) is 1.27. The fourth-order valence-electron chi connectivity index (χ4n) is 12.2. The number of aromatic nitrogens is 15. The molecular formula is C102H155N17OS. The zero-order valence-corrected chi connectivity index (χ0v) is 80.9. The first-order chi connectivity index (χ1) is 57.4. The van der Waals surface area contributed by atoms with E-state index >= 15 is 0 Å². The number of fused-ring (bicyclic) bond motifs is 2. The van der Waals surface area contributed by atoms with E-state index in [-0.39, 0.29) is 0 Å². The summed E-state index contributed by atoms with van der Waals surface area (Å²) < 4.78 is 12.8. The van der Waals surface area contributed by atoms with Gasteiger partial charge in [-0.2, -0.15) is 15.3 Å². The van der Waals surface area contributed by atoms with E-state index in [0.29, 0.717) is 65.3 Å². The number of aryl methyl sites for hydroxylation is 6. The SMILES string of the molecule is CC(C)C1=CN=CC1.CC(C)C1=NC=CC1.CC(C)C1CCc2ncccc2C1.CC(C)C1Cc2cccnc2C1.CC(C)c1ccccn1.CC(C)c1cccnc1.CC(C)c1ccncc1.CC(C)c1cnn(C)c1.CC(C)c1ncco1.CC(C)c1nccs1.CC(C)n1cccn1.Cc1cc(C)n(C(C)C)n1.Cc1nc(C(C)C)cn1C. The minimum atomic E-state index is 0.407. The highest BCUT2D eigenvalue weighted by Gasteiger charge is 2.25. The molecule has 0 saturated heterocycles. The molecule has 0 aromatic carbocycles. The molecule has 0 amide bonds. The lowest BCUT2D eigenvalue weighted by Gasteiger charge is -2.26. The van der Waals surface area contributed by atoms with Gasteiger partial charge < -0.3 is 8.98 Å². The fraction of sp³-hybridized carbons (Fsp3) is 0.520. The number of oxazole rings is 1. The lowest BCUT2D eigenvalue weighted by Crippen LogP contribution is -2.19. The maximum Gasteiger partial charge on any atom is 0.196 e. The van der Waals surface area contributed by atoms with E-state index in [1.165, 1.54) is 99.0 Å². The van der Waals surface area contributed by atoms with Gasteiger partial charge in [0.05, 0.1) is 28.8 Å². The minimum Gasteiger partial charge on any atom is -0.449 e. The van der Waals surface area contributed by atoms with Crippen molar-refractivity contribution >= 4 is 23.3 Å². The molecule has 121 heavy (non-hydrogen) atoms. The molecule has 2 unspecified atom stereocenters. The van der Waals surface area contributed by atoms with Crippen LogP contribution in [0.25, 0.3) is 0 Å². The summed E-state index contributed by atoms with van der Waals surface area (Å²) in [6, 6.07) is 27.7. The summed E-state index contributed by atoms with van der Waals surface area (Å²) in [4.78, 5) is 41.5. The fourth-order valence-corrected chi connectivity index (χ4v) is 12.8. The maximum absolute atomic E-state index is 4.98. The molecule has 0 spiro atoms. The van der Waals surface area contributed by atoms with E-state index in [4.69, 9.17) is 4.42 Å². The summed E-state index contributed by atoms with van der Waals surface area (Å²) in [6.07, 6.45) is 44.1. The van der Waals surface area contributed by atoms with Crippen molar-refractivity contribution in [1.29, 1.82) is 0 Å². The Hall–Kier alpha value is -9.75. The molecule has 0 bridgehead atoms. The van der Waals surface area contributed by atoms with Crippen LogP contribution < -0.4 is 0 Å². The molecule has 18 nitrogen and oxygen atoms in total. The van der Waals surface area contributed by atoms with Crippen molar-refractivity contribution in [3.63, 3.8) is 0 Å². The predicted octanol–water partition coefficient (Wildman–Crippen LogP) is 26.9. The number of thiazole rings is 1. The van der Waals surface area contributed by atoms with Gasteiger partial charge in [-0.3, -0.25) is 49.0 Å². The summed E-state index contributed by atoms with van der Waals surface area (Å²) in [5.41, 5.74) is 17.0. The van der Waals surface area contributed by atoms with E-state index in [0.717, 1.165) is 59.6 Å². The molecule has 660 valence electrons. The van der Waals surface area contributed by atoms with Gasteiger partial charge >= 0.3 is 0 Å². The molecule has 2 atom stereocenters. The number of nitrogens with zero attached hydrogens (tertiary/aromatic N) is 17. The van der Waals surface area contributed by atoms with Gasteiger partial charge in [-0.25, -0.2) is 15.0 Å². The molecule has 19 heteroatoms. The molecule has 4 aliphatic rings. The number of imidazole rings is 1. The zero-order chi connectivity index (χ0) is 90.1. The van der Waals surface area contributed by atoms with E-state index < -0.39 is 0 Å². The van der Waals surface area contributed by atoms with E-state index in [1.54, 1.807) is 36.2 Å². The van der Waals surface area contributed by atoms with Crippen molar-refractivity contribution < 1.29 is 4.42 Å². The van der Waals surface area contributed by atoms with Crippen LogP contribution in [0, 0.1) is 56.3 Å². The lowest BCUT2D eigenvalue weighted by molar-refractivity contribution is 0.340. The summed E-state index contributed by atoms with van der Waals surface area (Å²) in [7, 11) is 3.96. The normalized spacial score (nSPS) is 13.7. The van der Waals surface area contributed by atoms with Gasteiger partial charge in [-0.05, 0) is 234 Å². The first kappa shape index (κ1) is 105. The number of hydrogen-bond acceptors (Lipinski definition) is 15. The predicted molar refractivity (Wildman–Crippen MR) is 512 cm³/mol. The van der Waals surface area contributed by atoms with Crippen molar-refractivity contribution in [2.45, 2.75) is 299 Å². The first-order valence-corrected chi connectivity index (χ1v) is 45.1. The largest absolute Gasteiger partial charge is 0.449 e. The smallest absolute Gasteiger partial charge is 0.196 e. The van der Waals surface area contributed by atoms with Crippen molar-refractivity contribution in [1.82, 2.24) is 73.8 Å². The van der Waals surface area contributed by atoms with Gasteiger partial charge in [0.15, 0.2) is 5.89 Å². The third-order valence-corrected chi connectivity index (χ3v) is 21.4. The summed E-state index contributed by atoms with van der Waals surface area (Å²) in [6.45, 7) is 62.6. The van der Waals surface area contributed by atoms with Gasteiger partial charge in [0, 0.05) is 178 Å². The monoisotopic (exact) mass is 1670 g/mol. The second kappa shape index (κ2) is 58.3. The standard InChI is InChI=1S/C12H17N.C11H15N.2C8H14N2.3C8H11N.C7H12N2.2C7H11N.C6H10N2.C6H9NO.C6H9NS/c1-9(2)10-5-6-12-11(8-10)4-3-7-13-12;1-8(2)10-6-9-4-3-5-12-11(9)7-10;1-6(2)8-5-10(4)7(3)9-8;1-6(2)10-8(4)5-7(3)9-10;1-7(2)8-3-5-9-6-4-8;1-7(2)8-4-3-5-9-6-8;1-7(2)8-5-3-4-6-9-8;1-6(2)7-4-8-9(3)5-7;1-6(2)7-3-4-8-5-7;1-6(2)7-4-3-5-8-7;1-6(2)8-5-3-4-7-8;2*1-5(2)6-7-3-4-8-6/h3-4,7,9-10H,5-6,8H2,1-2H3;3-5,8,10H,6-7H2,1-2H3;2*5-6H,1-4H3;3*3-7H,1-2H3;4-6H,1-3H3;4-6H,3H2,1-2H3;3,5-6H,4H2,1-2H3;3-6H,1-2H3;2*3-5H,1-2H3. The number of aliphatic imine (C=N–C) groups is 2. The molecule has 2 aliphatic heterocycles. The summed E-state index contributed by atoms with van der Waals surface area (Å²) in [5, 5.41) is 15.6. The minimum absolute atomic E-state index is 0.407. The van der Waals surface area contributed by atoms with Crippen LogP contribution in [0.3, 0.4) is 0 Å². The number of allylic oxidation sites excluding steroid dienone is 2. The van der Waals surface area contributed by atoms with Crippen LogP contribution in [-0.2, 0) is 39.8 Å². The molecule has 0 fully saturated rings. The molecule has 15 rings (SSSR count). The topological polar surface area (TPSA) is 199 Å². The Labute approximate surface area is 735 Å². The van der Waals surface area contributed by atoms with Crippen molar-refractivity contribution in [3.8, 4) is 0 Å². The van der Waals surface area contributed by atoms with Crippen molar-refractivity contribution in [3.05, 3.63) is 280 Å². The Morgan fingerprint density at radius 1 is 0.479 bits per heavy atom. The van der Waals surface area contributed by atoms with Crippen LogP contribution >= 0.6 is 11.3 Å². The van der Waals surface area contributed by atoms with Crippen LogP contribution in [0.15, 0.2) is 216 Å². The van der Waals surface area contributed by atoms with E-state index in [1.807, 2.05) is 190 Å². The highest BCUT2D eigenvalue weighted by molar-refractivity contribution is 7.09. The second-order valence-electron chi connectivity index (χ2n) is 35.1. The molecule has 2 aliphatic carbocycles. The van der Waals surface area contributed by atoms with Crippen molar-refractivity contribution in [2.75, 3.05) is 0 Å². The molecule has 13 heterocycles. The van der Waals surface area contributed by atoms with Crippen molar-refractivity contribution in [2.24, 2.45) is 59.6 Å². The number of pyridine rings is 5. The molecule has 0 radical (unpaired) electrons. The van der Waals surface area contributed by atoms with Crippen LogP contribution in [0.4, 0.5) is 0 Å². The summed E-state index contributed by atoms with van der Waals surface area (Å²) >= 11 is 1.72. The zero-order valence-electron chi connectivity index (χ0n) is 80.1. The Morgan fingerprint density at radius 3 is 1.44 bits per heavy atom. The highest BCUT2D eigenvalue weighted by atomic mass is 32.1. The van der Waals surface area contributed by atoms with E-state index in [2.05, 4.69) is 285 Å². The third-order valence-electron chi connectivity index (χ3n) is 20.4. The van der Waals surface area contributed by atoms with Gasteiger partial charge in [0.1, 0.15) is 12.1 Å². The average molecular weight is 1670 g/mol. The van der Waals surface area contributed by atoms with Gasteiger partial charge in [-0.1, -0.05) is 183 Å². The first-order valence-electron chi connectivity index (χ1n) is 44.2. The van der Waals surface area contributed by atoms with Crippen LogP contribution in [-0.4, -0.2) is 85.7 Å².